The minimum absolute atomic E-state index is 0.135. The molecule has 0 spiro atoms. The molecule has 0 radical (unpaired) electrons. The first-order valence-electron chi connectivity index (χ1n) is 7.56. The van der Waals surface area contributed by atoms with E-state index in [0.717, 1.165) is 19.1 Å². The Morgan fingerprint density at radius 1 is 1.39 bits per heavy atom. The van der Waals surface area contributed by atoms with Crippen LogP contribution in [0.15, 0.2) is 17.4 Å². The Morgan fingerprint density at radius 2 is 2.09 bits per heavy atom. The van der Waals surface area contributed by atoms with Crippen LogP contribution in [0.4, 0.5) is 4.79 Å². The van der Waals surface area contributed by atoms with E-state index in [0.29, 0.717) is 18.8 Å². The molecule has 0 saturated carbocycles. The fraction of sp³-hybridized carbons (Fsp3) is 0.667. The molecule has 8 heteroatoms. The van der Waals surface area contributed by atoms with Gasteiger partial charge in [0.05, 0.1) is 5.69 Å². The van der Waals surface area contributed by atoms with E-state index in [1.165, 1.54) is 12.5 Å². The van der Waals surface area contributed by atoms with Crippen LogP contribution in [0.3, 0.4) is 0 Å². The summed E-state index contributed by atoms with van der Waals surface area (Å²) < 4.78 is 29.2. The highest BCUT2D eigenvalue weighted by molar-refractivity contribution is 7.90. The maximum absolute atomic E-state index is 12.2. The maximum Gasteiger partial charge on any atom is 0.410 e. The lowest BCUT2D eigenvalue weighted by Gasteiger charge is -2.34. The van der Waals surface area contributed by atoms with E-state index in [-0.39, 0.29) is 16.9 Å². The van der Waals surface area contributed by atoms with Gasteiger partial charge >= 0.3 is 6.09 Å². The van der Waals surface area contributed by atoms with Crippen molar-refractivity contribution in [1.82, 2.24) is 14.9 Å². The number of carbonyl (C=O) groups excluding carboxylic acids is 1. The summed E-state index contributed by atoms with van der Waals surface area (Å²) in [5, 5.41) is 0. The van der Waals surface area contributed by atoms with E-state index in [4.69, 9.17) is 4.74 Å². The first kappa shape index (κ1) is 17.7. The molecule has 0 aliphatic carbocycles. The predicted molar refractivity (Wildman–Crippen MR) is 84.9 cm³/mol. The van der Waals surface area contributed by atoms with Crippen molar-refractivity contribution in [2.24, 2.45) is 0 Å². The van der Waals surface area contributed by atoms with E-state index in [9.17, 15) is 13.2 Å². The van der Waals surface area contributed by atoms with Gasteiger partial charge in [-0.25, -0.2) is 23.2 Å². The van der Waals surface area contributed by atoms with Crippen LogP contribution in [0.5, 0.6) is 0 Å². The Balaban J connectivity index is 2.21. The SMILES string of the molecule is CC(C)(C)OC(=O)N1CCC[C@@H](c2ncncc2S(C)(=O)=O)C1. The minimum atomic E-state index is -3.41. The van der Waals surface area contributed by atoms with E-state index < -0.39 is 15.4 Å². The van der Waals surface area contributed by atoms with Gasteiger partial charge in [0.1, 0.15) is 16.8 Å². The molecule has 128 valence electrons. The first-order chi connectivity index (χ1) is 10.6. The second-order valence-electron chi connectivity index (χ2n) is 6.81. The number of hydrogen-bond donors (Lipinski definition) is 0. The normalized spacial score (nSPS) is 19.5. The van der Waals surface area contributed by atoms with Gasteiger partial charge in [0.25, 0.3) is 0 Å². The highest BCUT2D eigenvalue weighted by atomic mass is 32.2. The summed E-state index contributed by atoms with van der Waals surface area (Å²) in [7, 11) is -3.41. The number of carbonyl (C=O) groups is 1. The number of likely N-dealkylation sites (tertiary alicyclic amines) is 1. The Kier molecular flexibility index (Phi) is 4.93. The zero-order valence-corrected chi connectivity index (χ0v) is 14.8. The molecule has 0 unspecified atom stereocenters. The van der Waals surface area contributed by atoms with Gasteiger partial charge in [-0.2, -0.15) is 0 Å². The monoisotopic (exact) mass is 341 g/mol. The van der Waals surface area contributed by atoms with E-state index in [2.05, 4.69) is 9.97 Å². The fourth-order valence-electron chi connectivity index (χ4n) is 2.61. The molecule has 2 rings (SSSR count). The largest absolute Gasteiger partial charge is 0.444 e. The highest BCUT2D eigenvalue weighted by Gasteiger charge is 2.31. The Bertz CT molecular complexity index is 682. The molecule has 1 aliphatic heterocycles. The van der Waals surface area contributed by atoms with Gasteiger partial charge in [0, 0.05) is 31.5 Å². The molecule has 0 N–H and O–H groups in total. The Hall–Kier alpha value is -1.70. The van der Waals surface area contributed by atoms with Crippen molar-refractivity contribution in [2.45, 2.75) is 50.0 Å². The number of nitrogens with zero attached hydrogens (tertiary/aromatic N) is 3. The summed E-state index contributed by atoms with van der Waals surface area (Å²) in [6, 6.07) is 0. The quantitative estimate of drug-likeness (QED) is 0.817. The van der Waals surface area contributed by atoms with Crippen molar-refractivity contribution in [1.29, 1.82) is 0 Å². The third-order valence-electron chi connectivity index (χ3n) is 3.57. The Labute approximate surface area is 137 Å². The number of rotatable bonds is 2. The van der Waals surface area contributed by atoms with Crippen LogP contribution in [0.25, 0.3) is 0 Å². The zero-order valence-electron chi connectivity index (χ0n) is 13.9. The molecule has 7 nitrogen and oxygen atoms in total. The summed E-state index contributed by atoms with van der Waals surface area (Å²) in [5.74, 6) is -0.135. The van der Waals surface area contributed by atoms with Crippen LogP contribution in [-0.4, -0.2) is 54.3 Å². The van der Waals surface area contributed by atoms with Crippen molar-refractivity contribution in [3.63, 3.8) is 0 Å². The number of hydrogen-bond acceptors (Lipinski definition) is 6. The number of sulfone groups is 1. The van der Waals surface area contributed by atoms with Crippen LogP contribution < -0.4 is 0 Å². The van der Waals surface area contributed by atoms with Crippen LogP contribution in [0.2, 0.25) is 0 Å². The lowest BCUT2D eigenvalue weighted by molar-refractivity contribution is 0.0196. The number of aromatic nitrogens is 2. The molecular formula is C15H23N3O4S. The Morgan fingerprint density at radius 3 is 2.70 bits per heavy atom. The van der Waals surface area contributed by atoms with Gasteiger partial charge in [-0.1, -0.05) is 0 Å². The molecule has 0 bridgehead atoms. The molecule has 1 atom stereocenters. The van der Waals surface area contributed by atoms with E-state index >= 15 is 0 Å². The molecule has 23 heavy (non-hydrogen) atoms. The standard InChI is InChI=1S/C15H23N3O4S/c1-15(2,3)22-14(19)18-7-5-6-11(9-18)13-12(23(4,20)21)8-16-10-17-13/h8,10-11H,5-7,9H2,1-4H3/t11-/m1/s1. The fourth-order valence-corrected chi connectivity index (χ4v) is 3.46. The van der Waals surface area contributed by atoms with Crippen molar-refractivity contribution < 1.29 is 17.9 Å². The average Bonchev–Trinajstić information content (AvgIpc) is 2.45. The maximum atomic E-state index is 12.2. The summed E-state index contributed by atoms with van der Waals surface area (Å²) in [5.41, 5.74) is -0.0765. The second kappa shape index (κ2) is 6.43. The van der Waals surface area contributed by atoms with Crippen molar-refractivity contribution in [2.75, 3.05) is 19.3 Å². The van der Waals surface area contributed by atoms with E-state index in [1.54, 1.807) is 4.90 Å². The number of ether oxygens (including phenoxy) is 1. The topological polar surface area (TPSA) is 89.5 Å². The van der Waals surface area contributed by atoms with Crippen LogP contribution >= 0.6 is 0 Å². The van der Waals surface area contributed by atoms with Gasteiger partial charge < -0.3 is 9.64 Å². The highest BCUT2D eigenvalue weighted by Crippen LogP contribution is 2.30. The van der Waals surface area contributed by atoms with Crippen LogP contribution in [0, 0.1) is 0 Å². The van der Waals surface area contributed by atoms with Gasteiger partial charge in [-0.15, -0.1) is 0 Å². The molecule has 1 fully saturated rings. The van der Waals surface area contributed by atoms with Crippen molar-refractivity contribution in [3.05, 3.63) is 18.2 Å². The van der Waals surface area contributed by atoms with Crippen LogP contribution in [0.1, 0.15) is 45.2 Å². The van der Waals surface area contributed by atoms with Crippen LogP contribution in [-0.2, 0) is 14.6 Å². The lowest BCUT2D eigenvalue weighted by atomic mass is 9.95. The molecule has 2 heterocycles. The summed E-state index contributed by atoms with van der Waals surface area (Å²) in [4.78, 5) is 22.0. The second-order valence-corrected chi connectivity index (χ2v) is 8.79. The predicted octanol–water partition coefficient (Wildman–Crippen LogP) is 1.99. The van der Waals surface area contributed by atoms with E-state index in [1.807, 2.05) is 20.8 Å². The van der Waals surface area contributed by atoms with Crippen molar-refractivity contribution in [3.8, 4) is 0 Å². The van der Waals surface area contributed by atoms with Gasteiger partial charge in [0.15, 0.2) is 9.84 Å². The van der Waals surface area contributed by atoms with Gasteiger partial charge in [-0.3, -0.25) is 0 Å². The molecule has 1 aromatic heterocycles. The first-order valence-corrected chi connectivity index (χ1v) is 9.45. The molecule has 1 saturated heterocycles. The molecule has 1 amide bonds. The lowest BCUT2D eigenvalue weighted by Crippen LogP contribution is -2.42. The number of piperidine rings is 1. The zero-order chi connectivity index (χ0) is 17.3. The average molecular weight is 341 g/mol. The molecule has 1 aromatic rings. The summed E-state index contributed by atoms with van der Waals surface area (Å²) in [6.07, 6.45) is 4.98. The van der Waals surface area contributed by atoms with Gasteiger partial charge in [0.2, 0.25) is 0 Å². The summed E-state index contributed by atoms with van der Waals surface area (Å²) in [6.45, 7) is 6.45. The summed E-state index contributed by atoms with van der Waals surface area (Å²) >= 11 is 0. The molecule has 0 aromatic carbocycles. The third-order valence-corrected chi connectivity index (χ3v) is 4.68. The number of amides is 1. The molecular weight excluding hydrogens is 318 g/mol. The minimum Gasteiger partial charge on any atom is -0.444 e. The van der Waals surface area contributed by atoms with Crippen molar-refractivity contribution >= 4 is 15.9 Å². The van der Waals surface area contributed by atoms with Gasteiger partial charge in [-0.05, 0) is 33.6 Å². The third kappa shape index (κ3) is 4.63. The molecule has 1 aliphatic rings. The smallest absolute Gasteiger partial charge is 0.410 e.